The molecule has 21 heavy (non-hydrogen) atoms. The number of para-hydroxylation sites is 1. The van der Waals surface area contributed by atoms with Gasteiger partial charge in [-0.05, 0) is 37.8 Å². The average molecular weight is 291 g/mol. The van der Waals surface area contributed by atoms with Crippen LogP contribution in [0, 0.1) is 16.0 Å². The number of nitrogens with one attached hydrogen (secondary N) is 1. The molecule has 0 atom stereocenters. The van der Waals surface area contributed by atoms with E-state index in [2.05, 4.69) is 17.1 Å². The molecule has 2 rings (SSSR count). The Balaban J connectivity index is 2.16. The molecule has 0 heterocycles. The molecule has 1 aliphatic carbocycles. The van der Waals surface area contributed by atoms with E-state index in [0.29, 0.717) is 12.2 Å². The Morgan fingerprint density at radius 3 is 2.67 bits per heavy atom. The Labute approximate surface area is 126 Å². The summed E-state index contributed by atoms with van der Waals surface area (Å²) in [6, 6.07) is 5.35. The van der Waals surface area contributed by atoms with Crippen LogP contribution in [0.3, 0.4) is 0 Å². The fourth-order valence-electron chi connectivity index (χ4n) is 2.84. The van der Waals surface area contributed by atoms with Crippen LogP contribution in [0.2, 0.25) is 0 Å². The number of benzene rings is 1. The van der Waals surface area contributed by atoms with Crippen molar-refractivity contribution < 1.29 is 4.92 Å². The highest BCUT2D eigenvalue weighted by molar-refractivity contribution is 5.66. The second-order valence-electron chi connectivity index (χ2n) is 5.72. The number of nitro benzene ring substituents is 1. The van der Waals surface area contributed by atoms with E-state index in [1.54, 1.807) is 12.1 Å². The van der Waals surface area contributed by atoms with E-state index in [4.69, 9.17) is 0 Å². The van der Waals surface area contributed by atoms with Gasteiger partial charge in [0.05, 0.1) is 4.92 Å². The Bertz CT molecular complexity index is 486. The summed E-state index contributed by atoms with van der Waals surface area (Å²) >= 11 is 0. The number of hydrogen-bond donors (Lipinski definition) is 1. The van der Waals surface area contributed by atoms with E-state index in [1.807, 2.05) is 13.0 Å². The molecule has 0 aliphatic heterocycles. The largest absolute Gasteiger partial charge is 0.380 e. The van der Waals surface area contributed by atoms with E-state index >= 15 is 0 Å². The summed E-state index contributed by atoms with van der Waals surface area (Å²) in [5.74, 6) is 0.811. The number of rotatable bonds is 8. The van der Waals surface area contributed by atoms with Crippen molar-refractivity contribution in [2.24, 2.45) is 5.92 Å². The third-order valence-electron chi connectivity index (χ3n) is 4.26. The van der Waals surface area contributed by atoms with Crippen LogP contribution in [0.4, 0.5) is 11.4 Å². The van der Waals surface area contributed by atoms with E-state index in [1.165, 1.54) is 19.3 Å². The van der Waals surface area contributed by atoms with Crippen LogP contribution in [0.5, 0.6) is 0 Å². The zero-order valence-electron chi connectivity index (χ0n) is 13.0. The second kappa shape index (κ2) is 7.41. The van der Waals surface area contributed by atoms with Crippen LogP contribution in [-0.4, -0.2) is 29.5 Å². The van der Waals surface area contributed by atoms with E-state index in [-0.39, 0.29) is 10.6 Å². The molecule has 116 valence electrons. The van der Waals surface area contributed by atoms with Gasteiger partial charge in [0.2, 0.25) is 0 Å². The second-order valence-corrected chi connectivity index (χ2v) is 5.72. The number of nitro groups is 1. The summed E-state index contributed by atoms with van der Waals surface area (Å²) in [4.78, 5) is 13.3. The van der Waals surface area contributed by atoms with Gasteiger partial charge in [-0.3, -0.25) is 15.0 Å². The van der Waals surface area contributed by atoms with Crippen molar-refractivity contribution in [3.05, 3.63) is 33.9 Å². The van der Waals surface area contributed by atoms with Crippen molar-refractivity contribution in [3.63, 3.8) is 0 Å². The minimum atomic E-state index is -0.302. The van der Waals surface area contributed by atoms with E-state index in [9.17, 15) is 10.1 Å². The maximum absolute atomic E-state index is 11.2. The molecule has 0 aromatic heterocycles. The van der Waals surface area contributed by atoms with Gasteiger partial charge in [0.25, 0.3) is 5.69 Å². The Morgan fingerprint density at radius 2 is 2.14 bits per heavy atom. The molecule has 0 amide bonds. The molecule has 0 saturated heterocycles. The van der Waals surface area contributed by atoms with Crippen LogP contribution in [0.15, 0.2) is 18.2 Å². The molecule has 1 fully saturated rings. The fourth-order valence-corrected chi connectivity index (χ4v) is 2.84. The fraction of sp³-hybridized carbons (Fsp3) is 0.625. The molecule has 0 unspecified atom stereocenters. The Hall–Kier alpha value is -1.62. The molecule has 5 nitrogen and oxygen atoms in total. The highest BCUT2D eigenvalue weighted by atomic mass is 16.6. The zero-order valence-corrected chi connectivity index (χ0v) is 13.0. The average Bonchev–Trinajstić information content (AvgIpc) is 2.42. The van der Waals surface area contributed by atoms with Gasteiger partial charge < -0.3 is 5.32 Å². The van der Waals surface area contributed by atoms with Crippen molar-refractivity contribution in [1.82, 2.24) is 4.90 Å². The van der Waals surface area contributed by atoms with Gasteiger partial charge in [-0.2, -0.15) is 0 Å². The lowest BCUT2D eigenvalue weighted by atomic mass is 9.85. The van der Waals surface area contributed by atoms with Gasteiger partial charge in [-0.15, -0.1) is 0 Å². The van der Waals surface area contributed by atoms with Crippen molar-refractivity contribution in [1.29, 1.82) is 0 Å². The summed E-state index contributed by atoms with van der Waals surface area (Å²) in [6.45, 7) is 7.66. The van der Waals surface area contributed by atoms with E-state index in [0.717, 1.165) is 31.1 Å². The number of nitrogens with zero attached hydrogens (tertiary/aromatic N) is 2. The first-order valence-electron chi connectivity index (χ1n) is 7.88. The van der Waals surface area contributed by atoms with Gasteiger partial charge in [-0.25, -0.2) is 0 Å². The van der Waals surface area contributed by atoms with Crippen LogP contribution in [0.25, 0.3) is 0 Å². The summed E-state index contributed by atoms with van der Waals surface area (Å²) in [6.07, 6.45) is 4.00. The molecule has 0 bridgehead atoms. The summed E-state index contributed by atoms with van der Waals surface area (Å²) < 4.78 is 0. The van der Waals surface area contributed by atoms with Gasteiger partial charge in [0.15, 0.2) is 0 Å². The van der Waals surface area contributed by atoms with Gasteiger partial charge in [-0.1, -0.05) is 25.5 Å². The SMILES string of the molecule is CCNc1c(CN(CC)CC2CCC2)cccc1[N+](=O)[O-]. The minimum Gasteiger partial charge on any atom is -0.380 e. The van der Waals surface area contributed by atoms with Crippen LogP contribution in [-0.2, 0) is 6.54 Å². The number of anilines is 1. The number of hydrogen-bond acceptors (Lipinski definition) is 4. The van der Waals surface area contributed by atoms with Gasteiger partial charge in [0.1, 0.15) is 5.69 Å². The van der Waals surface area contributed by atoms with Crippen molar-refractivity contribution in [2.45, 2.75) is 39.7 Å². The first kappa shape index (κ1) is 15.8. The lowest BCUT2D eigenvalue weighted by molar-refractivity contribution is -0.384. The quantitative estimate of drug-likeness (QED) is 0.586. The summed E-state index contributed by atoms with van der Waals surface area (Å²) in [7, 11) is 0. The van der Waals surface area contributed by atoms with Crippen molar-refractivity contribution >= 4 is 11.4 Å². The summed E-state index contributed by atoms with van der Waals surface area (Å²) in [5, 5.41) is 14.4. The van der Waals surface area contributed by atoms with Crippen LogP contribution in [0.1, 0.15) is 38.7 Å². The molecule has 1 aromatic carbocycles. The predicted octanol–water partition coefficient (Wildman–Crippen LogP) is 3.65. The normalized spacial score (nSPS) is 15.0. The minimum absolute atomic E-state index is 0.175. The molecular formula is C16H25N3O2. The highest BCUT2D eigenvalue weighted by Gasteiger charge is 2.22. The molecule has 1 N–H and O–H groups in total. The maximum Gasteiger partial charge on any atom is 0.292 e. The standard InChI is InChI=1S/C16H25N3O2/c1-3-17-16-14(9-6-10-15(16)19(20)21)12-18(4-2)11-13-7-5-8-13/h6,9-10,13,17H,3-5,7-8,11-12H2,1-2H3. The first-order valence-corrected chi connectivity index (χ1v) is 7.88. The Morgan fingerprint density at radius 1 is 1.38 bits per heavy atom. The zero-order chi connectivity index (χ0) is 15.2. The van der Waals surface area contributed by atoms with Gasteiger partial charge in [0, 0.05) is 25.7 Å². The lowest BCUT2D eigenvalue weighted by Crippen LogP contribution is -2.32. The third kappa shape index (κ3) is 3.94. The molecule has 5 heteroatoms. The third-order valence-corrected chi connectivity index (χ3v) is 4.26. The van der Waals surface area contributed by atoms with Crippen LogP contribution < -0.4 is 5.32 Å². The van der Waals surface area contributed by atoms with Crippen molar-refractivity contribution in [3.8, 4) is 0 Å². The maximum atomic E-state index is 11.2. The summed E-state index contributed by atoms with van der Waals surface area (Å²) in [5.41, 5.74) is 1.87. The molecule has 1 aromatic rings. The van der Waals surface area contributed by atoms with Crippen LogP contribution >= 0.6 is 0 Å². The van der Waals surface area contributed by atoms with Gasteiger partial charge >= 0.3 is 0 Å². The van der Waals surface area contributed by atoms with E-state index < -0.39 is 0 Å². The smallest absolute Gasteiger partial charge is 0.292 e. The monoisotopic (exact) mass is 291 g/mol. The van der Waals surface area contributed by atoms with Crippen molar-refractivity contribution in [2.75, 3.05) is 25.0 Å². The molecule has 0 spiro atoms. The molecule has 1 aliphatic rings. The highest BCUT2D eigenvalue weighted by Crippen LogP contribution is 2.31. The predicted molar refractivity (Wildman–Crippen MR) is 85.6 cm³/mol. The first-order chi connectivity index (χ1) is 10.2. The molecule has 1 saturated carbocycles. The lowest BCUT2D eigenvalue weighted by Gasteiger charge is -2.32. The Kier molecular flexibility index (Phi) is 5.56. The molecule has 0 radical (unpaired) electrons. The topological polar surface area (TPSA) is 58.4 Å². The molecular weight excluding hydrogens is 266 g/mol.